The normalized spacial score (nSPS) is 19.7. The Bertz CT molecular complexity index is 278. The molecule has 1 aliphatic heterocycles. The quantitative estimate of drug-likeness (QED) is 0.638. The minimum atomic E-state index is 0.758. The van der Waals surface area contributed by atoms with Crippen LogP contribution in [0, 0.1) is 0 Å². The van der Waals surface area contributed by atoms with Crippen molar-refractivity contribution in [2.75, 3.05) is 6.54 Å². The number of rotatable bonds is 0. The highest BCUT2D eigenvalue weighted by molar-refractivity contribution is 5.50. The van der Waals surface area contributed by atoms with Crippen LogP contribution in [0.15, 0.2) is 22.8 Å². The maximum atomic E-state index is 5.25. The smallest absolute Gasteiger partial charge is 0.192 e. The third-order valence-corrected chi connectivity index (χ3v) is 1.76. The van der Waals surface area contributed by atoms with E-state index in [9.17, 15) is 0 Å². The van der Waals surface area contributed by atoms with E-state index in [4.69, 9.17) is 9.25 Å². The van der Waals surface area contributed by atoms with Crippen LogP contribution in [-0.4, -0.2) is 6.54 Å². The molecule has 1 aliphatic rings. The Kier molecular flexibility index (Phi) is 2.14. The molecule has 0 aliphatic carbocycles. The van der Waals surface area contributed by atoms with Gasteiger partial charge in [-0.15, -0.1) is 0 Å². The number of hydrogen-bond acceptors (Lipinski definition) is 3. The van der Waals surface area contributed by atoms with Gasteiger partial charge in [-0.05, 0) is 18.9 Å². The van der Waals surface area contributed by atoms with Crippen molar-refractivity contribution >= 4 is 6.08 Å². The van der Waals surface area contributed by atoms with Gasteiger partial charge in [-0.2, -0.15) is 5.48 Å². The number of nitrogens with one attached hydrogen (secondary N) is 1. The topological polar surface area (TPSA) is 34.4 Å². The van der Waals surface area contributed by atoms with Gasteiger partial charge in [0.25, 0.3) is 0 Å². The predicted octanol–water partition coefficient (Wildman–Crippen LogP) is 1.97. The molecule has 1 aromatic rings. The predicted molar refractivity (Wildman–Crippen MR) is 45.6 cm³/mol. The average molecular weight is 165 g/mol. The molecule has 0 unspecified atom stereocenters. The maximum absolute atomic E-state index is 5.25. The molecule has 3 nitrogen and oxygen atoms in total. The monoisotopic (exact) mass is 165 g/mol. The Morgan fingerprint density at radius 2 is 2.42 bits per heavy atom. The fraction of sp³-hybridized carbons (Fsp3) is 0.333. The van der Waals surface area contributed by atoms with Crippen LogP contribution < -0.4 is 10.3 Å². The summed E-state index contributed by atoms with van der Waals surface area (Å²) >= 11 is 0. The molecular weight excluding hydrogens is 154 g/mol. The lowest BCUT2D eigenvalue weighted by molar-refractivity contribution is 0.193. The third kappa shape index (κ3) is 1.51. The molecule has 0 spiro atoms. The van der Waals surface area contributed by atoms with Gasteiger partial charge in [0.2, 0.25) is 0 Å². The number of allylic oxidation sites excluding steroid dienone is 1. The lowest BCUT2D eigenvalue weighted by Crippen LogP contribution is -2.19. The van der Waals surface area contributed by atoms with Crippen molar-refractivity contribution in [3.8, 4) is 5.75 Å². The molecule has 1 aromatic heterocycles. The van der Waals surface area contributed by atoms with Crippen LogP contribution in [0.25, 0.3) is 6.08 Å². The highest BCUT2D eigenvalue weighted by Crippen LogP contribution is 2.21. The zero-order chi connectivity index (χ0) is 8.23. The van der Waals surface area contributed by atoms with Crippen LogP contribution in [-0.2, 0) is 0 Å². The number of furan rings is 1. The molecule has 2 heterocycles. The maximum Gasteiger partial charge on any atom is 0.192 e. The second-order valence-corrected chi connectivity index (χ2v) is 2.69. The molecule has 0 saturated carbocycles. The van der Waals surface area contributed by atoms with Crippen molar-refractivity contribution in [1.82, 2.24) is 5.48 Å². The Morgan fingerprint density at radius 1 is 1.42 bits per heavy atom. The van der Waals surface area contributed by atoms with Gasteiger partial charge in [0.1, 0.15) is 0 Å². The molecular formula is C9H11NO2. The van der Waals surface area contributed by atoms with Gasteiger partial charge in [0, 0.05) is 12.6 Å². The van der Waals surface area contributed by atoms with Crippen molar-refractivity contribution in [3.05, 3.63) is 24.2 Å². The molecule has 3 heteroatoms. The fourth-order valence-electron chi connectivity index (χ4n) is 1.13. The molecule has 0 amide bonds. The van der Waals surface area contributed by atoms with Crippen LogP contribution in [0.4, 0.5) is 0 Å². The van der Waals surface area contributed by atoms with E-state index >= 15 is 0 Å². The summed E-state index contributed by atoms with van der Waals surface area (Å²) in [6.45, 7) is 0.870. The Balaban J connectivity index is 2.22. The van der Waals surface area contributed by atoms with Crippen LogP contribution >= 0.6 is 0 Å². The van der Waals surface area contributed by atoms with Crippen molar-refractivity contribution in [2.45, 2.75) is 12.8 Å². The second-order valence-electron chi connectivity index (χ2n) is 2.69. The van der Waals surface area contributed by atoms with Gasteiger partial charge in [-0.25, -0.2) is 0 Å². The summed E-state index contributed by atoms with van der Waals surface area (Å²) in [5, 5.41) is 0. The first kappa shape index (κ1) is 7.43. The van der Waals surface area contributed by atoms with Gasteiger partial charge in [0.15, 0.2) is 11.5 Å². The molecule has 2 rings (SSSR count). The van der Waals surface area contributed by atoms with E-state index in [0.717, 1.165) is 30.9 Å². The first-order chi connectivity index (χ1) is 5.97. The van der Waals surface area contributed by atoms with Crippen molar-refractivity contribution in [3.63, 3.8) is 0 Å². The van der Waals surface area contributed by atoms with E-state index in [1.54, 1.807) is 12.3 Å². The van der Waals surface area contributed by atoms with Gasteiger partial charge in [0.05, 0.1) is 6.26 Å². The summed E-state index contributed by atoms with van der Waals surface area (Å²) in [6.07, 6.45) is 7.80. The lowest BCUT2D eigenvalue weighted by Gasteiger charge is -2.02. The summed E-state index contributed by atoms with van der Waals surface area (Å²) in [5.41, 5.74) is 2.87. The number of hydroxylamine groups is 1. The summed E-state index contributed by atoms with van der Waals surface area (Å²) in [5.74, 6) is 1.54. The molecule has 1 N–H and O–H groups in total. The van der Waals surface area contributed by atoms with E-state index in [1.165, 1.54) is 0 Å². The number of fused-ring (bicyclic) bond motifs is 1. The molecule has 64 valence electrons. The summed E-state index contributed by atoms with van der Waals surface area (Å²) in [6, 6.07) is 1.80. The minimum Gasteiger partial charge on any atom is -0.461 e. The zero-order valence-corrected chi connectivity index (χ0v) is 6.75. The van der Waals surface area contributed by atoms with Crippen LogP contribution in [0.5, 0.6) is 5.75 Å². The minimum absolute atomic E-state index is 0.758. The van der Waals surface area contributed by atoms with Gasteiger partial charge >= 0.3 is 0 Å². The van der Waals surface area contributed by atoms with Crippen LogP contribution in [0.1, 0.15) is 18.6 Å². The Hall–Kier alpha value is -1.22. The SMILES string of the molecule is C1=C\c2occc2ONCCC/1. The van der Waals surface area contributed by atoms with E-state index in [2.05, 4.69) is 11.6 Å². The lowest BCUT2D eigenvalue weighted by atomic mass is 10.3. The van der Waals surface area contributed by atoms with E-state index < -0.39 is 0 Å². The zero-order valence-electron chi connectivity index (χ0n) is 6.75. The fourth-order valence-corrected chi connectivity index (χ4v) is 1.13. The molecule has 0 aromatic carbocycles. The van der Waals surface area contributed by atoms with Crippen molar-refractivity contribution in [2.24, 2.45) is 0 Å². The Morgan fingerprint density at radius 3 is 3.42 bits per heavy atom. The standard InChI is InChI=1S/C9H11NO2/c1-2-4-8-9(5-7-11-8)12-10-6-3-1/h2,4-5,7,10H,1,3,6H2/b4-2-. The third-order valence-electron chi connectivity index (χ3n) is 1.76. The highest BCUT2D eigenvalue weighted by atomic mass is 16.6. The largest absolute Gasteiger partial charge is 0.461 e. The molecule has 0 bridgehead atoms. The summed E-state index contributed by atoms with van der Waals surface area (Å²) in [7, 11) is 0. The highest BCUT2D eigenvalue weighted by Gasteiger charge is 2.05. The molecule has 0 atom stereocenters. The van der Waals surface area contributed by atoms with Crippen molar-refractivity contribution < 1.29 is 9.25 Å². The molecule has 0 saturated heterocycles. The average Bonchev–Trinajstić information content (AvgIpc) is 2.50. The Labute approximate surface area is 71.0 Å². The first-order valence-corrected chi connectivity index (χ1v) is 4.10. The molecule has 12 heavy (non-hydrogen) atoms. The molecule has 0 fully saturated rings. The first-order valence-electron chi connectivity index (χ1n) is 4.10. The summed E-state index contributed by atoms with van der Waals surface area (Å²) in [4.78, 5) is 5.25. The van der Waals surface area contributed by atoms with Gasteiger partial charge < -0.3 is 9.25 Å². The van der Waals surface area contributed by atoms with E-state index in [1.807, 2.05) is 6.08 Å². The van der Waals surface area contributed by atoms with E-state index in [-0.39, 0.29) is 0 Å². The van der Waals surface area contributed by atoms with Crippen LogP contribution in [0.3, 0.4) is 0 Å². The summed E-state index contributed by atoms with van der Waals surface area (Å²) < 4.78 is 5.20. The van der Waals surface area contributed by atoms with E-state index in [0.29, 0.717) is 0 Å². The second kappa shape index (κ2) is 3.45. The van der Waals surface area contributed by atoms with Gasteiger partial charge in [-0.3, -0.25) is 0 Å². The number of hydrogen-bond donors (Lipinski definition) is 1. The van der Waals surface area contributed by atoms with Crippen molar-refractivity contribution in [1.29, 1.82) is 0 Å². The van der Waals surface area contributed by atoms with Crippen LogP contribution in [0.2, 0.25) is 0 Å². The van der Waals surface area contributed by atoms with Gasteiger partial charge in [-0.1, -0.05) is 6.08 Å². The molecule has 0 radical (unpaired) electrons.